The topological polar surface area (TPSA) is 215 Å². The number of alkyl halides is 15. The van der Waals surface area contributed by atoms with Crippen LogP contribution in [-0.4, -0.2) is 123 Å². The molecule has 0 radical (unpaired) electrons. The van der Waals surface area contributed by atoms with E-state index in [-0.39, 0.29) is 98.2 Å². The molecule has 564 valence electrons. The minimum absolute atomic E-state index is 0.0152. The molecule has 5 aromatic carbocycles. The Labute approximate surface area is 615 Å². The smallest absolute Gasteiger partial charge is 0.430 e. The molecule has 0 saturated heterocycles. The number of carbonyl (C=O) groups excluding carboxylic acids is 4. The van der Waals surface area contributed by atoms with Crippen molar-refractivity contribution in [2.45, 2.75) is 102 Å². The number of carboxylic acids is 1. The van der Waals surface area contributed by atoms with Crippen LogP contribution in [0.5, 0.6) is 28.7 Å². The first kappa shape index (κ1) is 84.9. The zero-order valence-corrected chi connectivity index (χ0v) is 59.0. The summed E-state index contributed by atoms with van der Waals surface area (Å²) < 4.78 is 265. The summed E-state index contributed by atoms with van der Waals surface area (Å²) >= 11 is 30.7. The van der Waals surface area contributed by atoms with Gasteiger partial charge in [0.1, 0.15) is 34.6 Å². The third kappa shape index (κ3) is 20.3. The highest BCUT2D eigenvalue weighted by Crippen LogP contribution is 2.47. The van der Waals surface area contributed by atoms with Gasteiger partial charge in [0.2, 0.25) is 30.5 Å². The van der Waals surface area contributed by atoms with Gasteiger partial charge in [-0.3, -0.25) is 0 Å². The van der Waals surface area contributed by atoms with Gasteiger partial charge in [0.25, 0.3) is 0 Å². The van der Waals surface area contributed by atoms with E-state index >= 15 is 0 Å². The monoisotopic (exact) mass is 1710 g/mol. The molecule has 3 N–H and O–H groups in total. The fraction of sp³-hybridized carbons (Fsp3) is 0.308. The standard InChI is InChI=1S/2C13H9ClF4O3.C13H9ClF3IO3.C13H11ClF3NO3.C13H10ClF3O3/c1-2-20-12(19)7-3-6-4-8(14)9(15)5-10(6)21-11(7)13(16,17)18;1-2-20-12(19)7-5-6-9(4-3-8(14)10(6)15)21-11(7)13(16,17)18;2*1-2-20-12(19)7-5-6-9(4-3-8(14)10(6)18)21-11(7)13(15,16)17;1-2-6-7-5-8(12(18)19)11(13(15,16)17)20-10(7)4-3-9(6)14/h3*3-5,11H,2H2,1H3;3-5,11H,2,18H2,1H3;3-5,11H,2H2,1H3,(H,18,19). The Morgan fingerprint density at radius 3 is 1.13 bits per heavy atom. The summed E-state index contributed by atoms with van der Waals surface area (Å²) in [6.45, 7) is 7.39. The Kier molecular flexibility index (Phi) is 28.1. The number of nitrogen functional groups attached to an aromatic ring is 1. The predicted molar refractivity (Wildman–Crippen MR) is 350 cm³/mol. The molecule has 16 nitrogen and oxygen atoms in total. The number of carboxylic acid groups (broad SMARTS) is 1. The van der Waals surface area contributed by atoms with Gasteiger partial charge >= 0.3 is 60.7 Å². The summed E-state index contributed by atoms with van der Waals surface area (Å²) in [6.07, 6.45) is -30.9. The molecule has 0 fully saturated rings. The molecule has 0 bridgehead atoms. The lowest BCUT2D eigenvalue weighted by Gasteiger charge is -2.28. The quantitative estimate of drug-likeness (QED) is 0.0437. The average molecular weight is 1710 g/mol. The van der Waals surface area contributed by atoms with Crippen LogP contribution in [0.3, 0.4) is 0 Å². The fourth-order valence-electron chi connectivity index (χ4n) is 9.44. The number of fused-ring (bicyclic) bond motifs is 5. The first-order valence-electron chi connectivity index (χ1n) is 29.3. The highest BCUT2D eigenvalue weighted by Gasteiger charge is 2.54. The molecular formula is C65H48Cl5F17INO15. The van der Waals surface area contributed by atoms with E-state index in [0.29, 0.717) is 31.2 Å². The number of carbonyl (C=O) groups is 5. The first-order chi connectivity index (χ1) is 48.2. The van der Waals surface area contributed by atoms with Crippen molar-refractivity contribution in [2.75, 3.05) is 32.2 Å². The van der Waals surface area contributed by atoms with Crippen LogP contribution in [-0.2, 0) is 49.3 Å². The number of hydrogen-bond donors (Lipinski definition) is 2. The third-order valence-corrected chi connectivity index (χ3v) is 17.0. The van der Waals surface area contributed by atoms with E-state index in [4.69, 9.17) is 92.5 Å². The number of anilines is 1. The molecule has 39 heteroatoms. The van der Waals surface area contributed by atoms with Gasteiger partial charge in [0.05, 0.1) is 85.6 Å². The van der Waals surface area contributed by atoms with Gasteiger partial charge < -0.3 is 53.5 Å². The van der Waals surface area contributed by atoms with Crippen molar-refractivity contribution >= 4 is 147 Å². The van der Waals surface area contributed by atoms with Crippen LogP contribution in [0.15, 0.2) is 88.5 Å². The third-order valence-electron chi connectivity index (χ3n) is 14.0. The Bertz CT molecular complexity index is 4030. The molecule has 0 aliphatic carbocycles. The Morgan fingerprint density at radius 2 is 0.740 bits per heavy atom. The molecule has 0 saturated carbocycles. The van der Waals surface area contributed by atoms with E-state index in [2.05, 4.69) is 18.9 Å². The maximum absolute atomic E-state index is 13.8. The van der Waals surface area contributed by atoms with Crippen molar-refractivity contribution in [2.24, 2.45) is 0 Å². The average Bonchev–Trinajstić information content (AvgIpc) is 0.800. The van der Waals surface area contributed by atoms with Crippen LogP contribution in [0.1, 0.15) is 68.0 Å². The lowest BCUT2D eigenvalue weighted by atomic mass is 9.96. The number of benzene rings is 5. The number of aliphatic carboxylic acids is 1. The minimum Gasteiger partial charge on any atom is -0.478 e. The van der Waals surface area contributed by atoms with Gasteiger partial charge in [-0.2, -0.15) is 65.9 Å². The van der Waals surface area contributed by atoms with Gasteiger partial charge in [-0.25, -0.2) is 32.8 Å². The van der Waals surface area contributed by atoms with Crippen molar-refractivity contribution < 1.29 is 146 Å². The number of nitrogens with two attached hydrogens (primary N) is 1. The Morgan fingerprint density at radius 1 is 0.423 bits per heavy atom. The van der Waals surface area contributed by atoms with E-state index in [1.807, 2.05) is 22.6 Å². The SMILES string of the molecule is CCOC(=O)C1=Cc2c(ccc(Cl)c2F)OC1C(F)(F)F.CCOC(=O)C1=Cc2c(ccc(Cl)c2I)OC1C(F)(F)F.CCOC(=O)C1=Cc2c(ccc(Cl)c2N)OC1C(F)(F)F.CCOC(=O)C1=Cc2cc(Cl)c(F)cc2OC1C(F)(F)F.CCc1c(Cl)ccc2c1C=C(C(=O)O)C(C(F)(F)F)O2. The van der Waals surface area contributed by atoms with Crippen LogP contribution in [0, 0.1) is 15.2 Å². The number of halogens is 23. The minimum atomic E-state index is -4.84. The van der Waals surface area contributed by atoms with Crippen molar-refractivity contribution in [3.8, 4) is 28.7 Å². The van der Waals surface area contributed by atoms with Crippen LogP contribution < -0.4 is 29.4 Å². The molecule has 104 heavy (non-hydrogen) atoms. The zero-order valence-electron chi connectivity index (χ0n) is 53.0. The summed E-state index contributed by atoms with van der Waals surface area (Å²) in [5.74, 6) is -8.83. The summed E-state index contributed by atoms with van der Waals surface area (Å²) in [5.41, 5.74) is 3.20. The van der Waals surface area contributed by atoms with E-state index in [0.717, 1.165) is 54.6 Å². The lowest BCUT2D eigenvalue weighted by Crippen LogP contribution is -2.41. The van der Waals surface area contributed by atoms with Crippen LogP contribution in [0.25, 0.3) is 30.4 Å². The molecule has 0 spiro atoms. The Balaban J connectivity index is 0.000000204. The maximum Gasteiger partial charge on any atom is 0.430 e. The summed E-state index contributed by atoms with van der Waals surface area (Å²) in [6, 6.07) is 12.1. The molecule has 5 atom stereocenters. The molecule has 5 heterocycles. The van der Waals surface area contributed by atoms with Crippen LogP contribution in [0.2, 0.25) is 25.1 Å². The second kappa shape index (κ2) is 34.5. The van der Waals surface area contributed by atoms with Gasteiger partial charge in [-0.15, -0.1) is 0 Å². The molecule has 5 unspecified atom stereocenters. The van der Waals surface area contributed by atoms with Gasteiger partial charge in [0, 0.05) is 36.9 Å². The number of ether oxygens (including phenoxy) is 9. The fourth-order valence-corrected chi connectivity index (χ4v) is 11.0. The molecular weight excluding hydrogens is 1660 g/mol. The summed E-state index contributed by atoms with van der Waals surface area (Å²) in [4.78, 5) is 57.8. The van der Waals surface area contributed by atoms with Crippen LogP contribution in [0.4, 0.5) is 80.3 Å². The Hall–Kier alpha value is -8.06. The van der Waals surface area contributed by atoms with E-state index < -0.39 is 131 Å². The molecule has 0 amide bonds. The second-order valence-electron chi connectivity index (χ2n) is 20.9. The highest BCUT2D eigenvalue weighted by atomic mass is 127. The normalized spacial score (nSPS) is 17.7. The summed E-state index contributed by atoms with van der Waals surface area (Å²) in [5, 5.41) is 9.25. The molecule has 5 aliphatic rings. The van der Waals surface area contributed by atoms with Crippen molar-refractivity contribution in [1.82, 2.24) is 0 Å². The molecule has 5 aliphatic heterocycles. The zero-order chi connectivity index (χ0) is 78.2. The number of hydrogen-bond acceptors (Lipinski definition) is 15. The van der Waals surface area contributed by atoms with Crippen molar-refractivity contribution in [3.05, 3.63) is 162 Å². The largest absolute Gasteiger partial charge is 0.478 e. The van der Waals surface area contributed by atoms with Crippen LogP contribution >= 0.6 is 80.6 Å². The van der Waals surface area contributed by atoms with Gasteiger partial charge in [0.15, 0.2) is 5.82 Å². The maximum atomic E-state index is 13.8. The van der Waals surface area contributed by atoms with E-state index in [1.165, 1.54) is 64.1 Å². The number of esters is 4. The van der Waals surface area contributed by atoms with E-state index in [9.17, 15) is 98.6 Å². The van der Waals surface area contributed by atoms with Gasteiger partial charge in [-0.1, -0.05) is 64.9 Å². The molecule has 10 rings (SSSR count). The molecule has 5 aromatic rings. The second-order valence-corrected chi connectivity index (χ2v) is 24.0. The highest BCUT2D eigenvalue weighted by molar-refractivity contribution is 14.1. The van der Waals surface area contributed by atoms with E-state index in [1.54, 1.807) is 6.92 Å². The lowest BCUT2D eigenvalue weighted by molar-refractivity contribution is -0.188. The molecule has 0 aromatic heterocycles. The first-order valence-corrected chi connectivity index (χ1v) is 32.2. The summed E-state index contributed by atoms with van der Waals surface area (Å²) in [7, 11) is 0. The number of rotatable bonds is 10. The van der Waals surface area contributed by atoms with Crippen molar-refractivity contribution in [1.29, 1.82) is 0 Å². The van der Waals surface area contributed by atoms with Gasteiger partial charge in [-0.05, 0) is 147 Å². The van der Waals surface area contributed by atoms with Crippen molar-refractivity contribution in [3.63, 3.8) is 0 Å². The predicted octanol–water partition coefficient (Wildman–Crippen LogP) is 18.6.